The second-order valence-electron chi connectivity index (χ2n) is 14.3. The van der Waals surface area contributed by atoms with Gasteiger partial charge in [0.05, 0.1) is 48.3 Å². The number of hydrogen-bond donors (Lipinski definition) is 1. The Bertz CT molecular complexity index is 2880. The van der Waals surface area contributed by atoms with E-state index in [0.29, 0.717) is 42.9 Å². The van der Waals surface area contributed by atoms with Crippen LogP contribution >= 0.6 is 23.4 Å². The Labute approximate surface area is 380 Å². The SMILES string of the molecule is CCN(CC)c1ccc(NC(=O)Oc2c(C(=O)N(C)c3ccc(Cl)cc3SC(CS(=O)(=O)c3ccc(C(F)(F)F)cc3)c3ccc(S(C)(=O)=O)cc3)cc([N+](=O)[O-])cc2[N+](=O)[O-])c(C)c1. The minimum atomic E-state index is -4.75. The van der Waals surface area contributed by atoms with Gasteiger partial charge in [0.2, 0.25) is 5.75 Å². The summed E-state index contributed by atoms with van der Waals surface area (Å²) in [7, 11) is -6.94. The van der Waals surface area contributed by atoms with E-state index in [-0.39, 0.29) is 31.8 Å². The van der Waals surface area contributed by atoms with Gasteiger partial charge in [-0.25, -0.2) is 21.6 Å². The average molecular weight is 978 g/mol. The zero-order chi connectivity index (χ0) is 48.2. The molecule has 16 nitrogen and oxygen atoms in total. The van der Waals surface area contributed by atoms with E-state index in [2.05, 4.69) is 10.2 Å². The summed E-state index contributed by atoms with van der Waals surface area (Å²) in [6.45, 7) is 7.02. The third kappa shape index (κ3) is 11.9. The summed E-state index contributed by atoms with van der Waals surface area (Å²) in [5, 5.41) is 25.7. The van der Waals surface area contributed by atoms with Crippen molar-refractivity contribution in [1.29, 1.82) is 0 Å². The zero-order valence-electron chi connectivity index (χ0n) is 35.0. The molecule has 0 heterocycles. The second-order valence-corrected chi connectivity index (χ2v) is 20.0. The van der Waals surface area contributed by atoms with Crippen molar-refractivity contribution in [3.05, 3.63) is 145 Å². The van der Waals surface area contributed by atoms with Crippen LogP contribution in [0.25, 0.3) is 0 Å². The first-order chi connectivity index (χ1) is 30.3. The number of non-ortho nitro benzene ring substituents is 1. The van der Waals surface area contributed by atoms with Crippen LogP contribution in [-0.2, 0) is 25.9 Å². The lowest BCUT2D eigenvalue weighted by Gasteiger charge is -2.24. The first-order valence-corrected chi connectivity index (χ1v) is 23.9. The standard InChI is InChI=1S/C42H39ClF3N5O11S3/c1-6-49(7-2)29-13-18-34(25(3)20-29)47-41(53)62-39-33(22-30(50(54)55)23-36(39)51(56)57)40(52)48(4)35-19-12-28(43)21-37(35)63-38(26-8-14-31(15-9-26)64(5,58)59)24-65(60,61)32-16-10-27(11-17-32)42(44,45)46/h8-23,38H,6-7,24H2,1-5H3,(H,47,53). The number of nitro benzene ring substituents is 2. The van der Waals surface area contributed by atoms with Gasteiger partial charge in [0.25, 0.3) is 11.6 Å². The number of amides is 2. The highest BCUT2D eigenvalue weighted by atomic mass is 35.5. The van der Waals surface area contributed by atoms with Crippen molar-refractivity contribution in [3.8, 4) is 5.75 Å². The van der Waals surface area contributed by atoms with Crippen molar-refractivity contribution in [1.82, 2.24) is 0 Å². The number of aryl methyl sites for hydroxylation is 1. The Balaban J connectivity index is 1.57. The van der Waals surface area contributed by atoms with E-state index >= 15 is 0 Å². The van der Waals surface area contributed by atoms with Crippen LogP contribution < -0.4 is 19.9 Å². The van der Waals surface area contributed by atoms with Gasteiger partial charge in [0.15, 0.2) is 19.7 Å². The number of sulfone groups is 2. The Kier molecular flexibility index (Phi) is 15.2. The van der Waals surface area contributed by atoms with Gasteiger partial charge >= 0.3 is 18.0 Å². The number of anilines is 3. The summed E-state index contributed by atoms with van der Waals surface area (Å²) >= 11 is 7.20. The molecule has 0 aliphatic heterocycles. The topological polar surface area (TPSA) is 216 Å². The van der Waals surface area contributed by atoms with E-state index < -0.39 is 91.8 Å². The molecular weight excluding hydrogens is 939 g/mol. The molecular formula is C42H39ClF3N5O11S3. The molecule has 23 heteroatoms. The van der Waals surface area contributed by atoms with E-state index in [9.17, 15) is 59.8 Å². The average Bonchev–Trinajstić information content (AvgIpc) is 3.23. The molecule has 1 unspecified atom stereocenters. The molecule has 0 spiro atoms. The van der Waals surface area contributed by atoms with Crippen molar-refractivity contribution >= 4 is 83.5 Å². The molecule has 1 N–H and O–H groups in total. The number of nitrogens with zero attached hydrogens (tertiary/aromatic N) is 4. The molecule has 5 aromatic carbocycles. The second kappa shape index (κ2) is 19.9. The maximum atomic E-state index is 14.5. The maximum Gasteiger partial charge on any atom is 0.417 e. The molecule has 5 rings (SSSR count). The summed E-state index contributed by atoms with van der Waals surface area (Å²) < 4.78 is 97.6. The van der Waals surface area contributed by atoms with Crippen molar-refractivity contribution in [2.24, 2.45) is 0 Å². The van der Waals surface area contributed by atoms with Gasteiger partial charge in [-0.15, -0.1) is 11.8 Å². The molecule has 2 amide bonds. The predicted octanol–water partition coefficient (Wildman–Crippen LogP) is 9.93. The molecule has 0 aromatic heterocycles. The highest BCUT2D eigenvalue weighted by Crippen LogP contribution is 2.45. The number of rotatable bonds is 16. The number of thioether (sulfide) groups is 1. The van der Waals surface area contributed by atoms with E-state index in [1.807, 2.05) is 13.8 Å². The first kappa shape index (κ1) is 49.8. The van der Waals surface area contributed by atoms with E-state index in [0.717, 1.165) is 40.7 Å². The van der Waals surface area contributed by atoms with Crippen molar-refractivity contribution in [2.45, 2.75) is 46.9 Å². The number of nitrogens with one attached hydrogen (secondary N) is 1. The van der Waals surface area contributed by atoms with Crippen LogP contribution in [0.4, 0.5) is 46.4 Å². The highest BCUT2D eigenvalue weighted by Gasteiger charge is 2.35. The summed E-state index contributed by atoms with van der Waals surface area (Å²) in [5.74, 6) is -2.90. The lowest BCUT2D eigenvalue weighted by atomic mass is 10.1. The quantitative estimate of drug-likeness (QED) is 0.0554. The van der Waals surface area contributed by atoms with E-state index in [1.54, 1.807) is 25.1 Å². The molecule has 0 aliphatic rings. The minimum Gasteiger partial charge on any atom is -0.402 e. The summed E-state index contributed by atoms with van der Waals surface area (Å²) in [5.41, 5.74) is -2.00. The van der Waals surface area contributed by atoms with Crippen LogP contribution in [0.2, 0.25) is 5.02 Å². The number of carbonyl (C=O) groups is 2. The van der Waals surface area contributed by atoms with Crippen molar-refractivity contribution in [3.63, 3.8) is 0 Å². The number of hydrogen-bond acceptors (Lipinski definition) is 13. The van der Waals surface area contributed by atoms with Crippen LogP contribution in [0.15, 0.2) is 112 Å². The first-order valence-electron chi connectivity index (χ1n) is 19.1. The number of alkyl halides is 3. The fraction of sp³-hybridized carbons (Fsp3) is 0.238. The van der Waals surface area contributed by atoms with Crippen LogP contribution in [0.5, 0.6) is 5.75 Å². The number of ether oxygens (including phenoxy) is 1. The highest BCUT2D eigenvalue weighted by molar-refractivity contribution is 8.01. The third-order valence-electron chi connectivity index (χ3n) is 9.91. The van der Waals surface area contributed by atoms with Crippen LogP contribution in [0.1, 0.15) is 46.1 Å². The lowest BCUT2D eigenvalue weighted by Crippen LogP contribution is -2.29. The Morgan fingerprint density at radius 1 is 0.862 bits per heavy atom. The molecule has 0 fully saturated rings. The van der Waals surface area contributed by atoms with Gasteiger partial charge in [0.1, 0.15) is 0 Å². The molecule has 0 saturated carbocycles. The largest absolute Gasteiger partial charge is 0.417 e. The Morgan fingerprint density at radius 3 is 2.02 bits per heavy atom. The monoisotopic (exact) mass is 977 g/mol. The van der Waals surface area contributed by atoms with Crippen molar-refractivity contribution < 1.29 is 54.2 Å². The van der Waals surface area contributed by atoms with Crippen LogP contribution in [0.3, 0.4) is 0 Å². The van der Waals surface area contributed by atoms with E-state index in [1.165, 1.54) is 49.5 Å². The Morgan fingerprint density at radius 2 is 1.48 bits per heavy atom. The summed E-state index contributed by atoms with van der Waals surface area (Å²) in [6.07, 6.45) is -5.07. The van der Waals surface area contributed by atoms with E-state index in [4.69, 9.17) is 16.3 Å². The fourth-order valence-corrected chi connectivity index (χ4v) is 10.6. The van der Waals surface area contributed by atoms with Gasteiger partial charge in [-0.1, -0.05) is 23.7 Å². The number of halogens is 4. The predicted molar refractivity (Wildman–Crippen MR) is 240 cm³/mol. The van der Waals surface area contributed by atoms with Crippen molar-refractivity contribution in [2.75, 3.05) is 47.3 Å². The van der Waals surface area contributed by atoms with Crippen LogP contribution in [0, 0.1) is 27.2 Å². The molecule has 0 radical (unpaired) electrons. The fourth-order valence-electron chi connectivity index (χ4n) is 6.49. The van der Waals surface area contributed by atoms with Gasteiger partial charge in [0, 0.05) is 59.0 Å². The number of benzene rings is 5. The zero-order valence-corrected chi connectivity index (χ0v) is 38.2. The molecule has 65 heavy (non-hydrogen) atoms. The van der Waals surface area contributed by atoms with Gasteiger partial charge in [-0.2, -0.15) is 13.2 Å². The number of carbonyl (C=O) groups excluding carboxylic acids is 2. The molecule has 344 valence electrons. The summed E-state index contributed by atoms with van der Waals surface area (Å²) in [6, 6.07) is 18.3. The van der Waals surface area contributed by atoms with Gasteiger partial charge < -0.3 is 14.5 Å². The molecule has 1 atom stereocenters. The number of nitro groups is 2. The Hall–Kier alpha value is -6.23. The molecule has 0 aliphatic carbocycles. The summed E-state index contributed by atoms with van der Waals surface area (Å²) in [4.78, 5) is 52.7. The maximum absolute atomic E-state index is 14.5. The van der Waals surface area contributed by atoms with Gasteiger partial charge in [-0.05, 0) is 105 Å². The van der Waals surface area contributed by atoms with Crippen LogP contribution in [-0.4, -0.2) is 70.8 Å². The minimum absolute atomic E-state index is 0.0393. The van der Waals surface area contributed by atoms with Gasteiger partial charge in [-0.3, -0.25) is 30.3 Å². The normalized spacial score (nSPS) is 12.3. The smallest absolute Gasteiger partial charge is 0.402 e. The molecule has 0 saturated heterocycles. The molecule has 5 aromatic rings. The third-order valence-corrected chi connectivity index (χ3v) is 14.6. The molecule has 0 bridgehead atoms. The lowest BCUT2D eigenvalue weighted by molar-refractivity contribution is -0.394.